The van der Waals surface area contributed by atoms with Gasteiger partial charge >= 0.3 is 0 Å². The molecule has 2 N–H and O–H groups in total. The van der Waals surface area contributed by atoms with Crippen molar-refractivity contribution in [3.05, 3.63) is 39.8 Å². The summed E-state index contributed by atoms with van der Waals surface area (Å²) in [4.78, 5) is 13.1. The van der Waals surface area contributed by atoms with Crippen LogP contribution in [0.15, 0.2) is 23.6 Å². The van der Waals surface area contributed by atoms with Crippen molar-refractivity contribution in [2.75, 3.05) is 6.54 Å². The van der Waals surface area contributed by atoms with Crippen LogP contribution in [0.2, 0.25) is 0 Å². The van der Waals surface area contributed by atoms with E-state index in [1.165, 1.54) is 11.3 Å². The Morgan fingerprint density at radius 2 is 2.29 bits per heavy atom. The van der Waals surface area contributed by atoms with Gasteiger partial charge in [0.1, 0.15) is 11.6 Å². The van der Waals surface area contributed by atoms with E-state index in [4.69, 9.17) is 0 Å². The quantitative estimate of drug-likeness (QED) is 0.889. The van der Waals surface area contributed by atoms with Crippen molar-refractivity contribution in [1.82, 2.24) is 15.1 Å². The molecule has 2 atom stereocenters. The highest BCUT2D eigenvalue weighted by molar-refractivity contribution is 7.10. The summed E-state index contributed by atoms with van der Waals surface area (Å²) in [6, 6.07) is 5.28. The molecule has 5 nitrogen and oxygen atoms in total. The molecule has 2 aromatic rings. The Hall–Kier alpha value is -1.66. The standard InChI is InChI=1S/C15H21N3O2S/c1-10-8-11(2)18(17-10)12(3)14(19)16-9-15(4,20)13-6-5-7-21-13/h5-8,12,20H,9H2,1-4H3,(H,16,19)/t12-,15-/m1/s1. The lowest BCUT2D eigenvalue weighted by Crippen LogP contribution is -2.41. The van der Waals surface area contributed by atoms with E-state index in [0.29, 0.717) is 0 Å². The Morgan fingerprint density at radius 1 is 1.57 bits per heavy atom. The highest BCUT2D eigenvalue weighted by Crippen LogP contribution is 2.24. The van der Waals surface area contributed by atoms with Gasteiger partial charge in [-0.05, 0) is 45.2 Å². The van der Waals surface area contributed by atoms with E-state index in [0.717, 1.165) is 16.3 Å². The Labute approximate surface area is 128 Å². The van der Waals surface area contributed by atoms with Crippen molar-refractivity contribution in [2.45, 2.75) is 39.3 Å². The summed E-state index contributed by atoms with van der Waals surface area (Å²) in [7, 11) is 0. The average molecular weight is 307 g/mol. The summed E-state index contributed by atoms with van der Waals surface area (Å²) in [5, 5.41) is 19.4. The fourth-order valence-corrected chi connectivity index (χ4v) is 3.02. The van der Waals surface area contributed by atoms with Gasteiger partial charge in [0, 0.05) is 10.6 Å². The predicted octanol–water partition coefficient (Wildman–Crippen LogP) is 2.15. The summed E-state index contributed by atoms with van der Waals surface area (Å²) in [5.41, 5.74) is 0.774. The molecule has 114 valence electrons. The molecule has 6 heteroatoms. The van der Waals surface area contributed by atoms with E-state index in [1.807, 2.05) is 37.4 Å². The number of aryl methyl sites for hydroxylation is 2. The Kier molecular flexibility index (Phi) is 4.49. The number of amides is 1. The molecule has 2 rings (SSSR count). The largest absolute Gasteiger partial charge is 0.383 e. The molecular weight excluding hydrogens is 286 g/mol. The van der Waals surface area contributed by atoms with Gasteiger partial charge in [-0.2, -0.15) is 5.10 Å². The molecule has 0 unspecified atom stereocenters. The predicted molar refractivity (Wildman–Crippen MR) is 83.3 cm³/mol. The highest BCUT2D eigenvalue weighted by Gasteiger charge is 2.26. The van der Waals surface area contributed by atoms with Gasteiger partial charge in [0.25, 0.3) is 0 Å². The van der Waals surface area contributed by atoms with Gasteiger partial charge in [0.2, 0.25) is 5.91 Å². The number of rotatable bonds is 5. The number of hydrogen-bond donors (Lipinski definition) is 2. The SMILES string of the molecule is Cc1cc(C)n([C@H](C)C(=O)NC[C@@](C)(O)c2cccs2)n1. The molecule has 0 saturated heterocycles. The zero-order valence-electron chi connectivity index (χ0n) is 12.8. The van der Waals surface area contributed by atoms with Crippen LogP contribution >= 0.6 is 11.3 Å². The number of aliphatic hydroxyl groups is 1. The number of aromatic nitrogens is 2. The molecule has 0 aromatic carbocycles. The van der Waals surface area contributed by atoms with Gasteiger partial charge in [0.15, 0.2) is 0 Å². The van der Waals surface area contributed by atoms with Crippen molar-refractivity contribution < 1.29 is 9.90 Å². The maximum absolute atomic E-state index is 12.2. The van der Waals surface area contributed by atoms with E-state index in [-0.39, 0.29) is 12.5 Å². The summed E-state index contributed by atoms with van der Waals surface area (Å²) >= 11 is 1.47. The second-order valence-electron chi connectivity index (χ2n) is 5.52. The molecule has 0 aliphatic carbocycles. The minimum atomic E-state index is -1.06. The van der Waals surface area contributed by atoms with Gasteiger partial charge in [-0.1, -0.05) is 6.07 Å². The zero-order valence-corrected chi connectivity index (χ0v) is 13.6. The Morgan fingerprint density at radius 3 is 2.81 bits per heavy atom. The van der Waals surface area contributed by atoms with Crippen LogP contribution in [0.4, 0.5) is 0 Å². The third-order valence-electron chi connectivity index (χ3n) is 3.45. The Balaban J connectivity index is 2.00. The van der Waals surface area contributed by atoms with Crippen LogP contribution in [-0.2, 0) is 10.4 Å². The molecule has 0 bridgehead atoms. The number of thiophene rings is 1. The number of nitrogens with zero attached hydrogens (tertiary/aromatic N) is 2. The van der Waals surface area contributed by atoms with Crippen LogP contribution in [0.5, 0.6) is 0 Å². The van der Waals surface area contributed by atoms with E-state index >= 15 is 0 Å². The van der Waals surface area contributed by atoms with Crippen LogP contribution in [0.1, 0.15) is 36.2 Å². The smallest absolute Gasteiger partial charge is 0.244 e. The van der Waals surface area contributed by atoms with Gasteiger partial charge < -0.3 is 10.4 Å². The maximum Gasteiger partial charge on any atom is 0.244 e. The maximum atomic E-state index is 12.2. The van der Waals surface area contributed by atoms with Crippen LogP contribution in [-0.4, -0.2) is 27.3 Å². The summed E-state index contributed by atoms with van der Waals surface area (Å²) in [6.07, 6.45) is 0. The van der Waals surface area contributed by atoms with Gasteiger partial charge in [0.05, 0.1) is 12.2 Å². The second-order valence-corrected chi connectivity index (χ2v) is 6.46. The molecule has 0 aliphatic rings. The van der Waals surface area contributed by atoms with Crippen LogP contribution < -0.4 is 5.32 Å². The zero-order chi connectivity index (χ0) is 15.6. The lowest BCUT2D eigenvalue weighted by Gasteiger charge is -2.23. The number of carbonyl (C=O) groups excluding carboxylic acids is 1. The minimum absolute atomic E-state index is 0.155. The van der Waals surface area contributed by atoms with Gasteiger partial charge in [-0.15, -0.1) is 11.3 Å². The third kappa shape index (κ3) is 3.51. The average Bonchev–Trinajstić information content (AvgIpc) is 3.05. The summed E-state index contributed by atoms with van der Waals surface area (Å²) < 4.78 is 1.70. The van der Waals surface area contributed by atoms with Crippen LogP contribution in [0, 0.1) is 13.8 Å². The number of nitrogens with one attached hydrogen (secondary N) is 1. The molecule has 0 fully saturated rings. The number of carbonyl (C=O) groups is 1. The van der Waals surface area contributed by atoms with Crippen molar-refractivity contribution in [3.63, 3.8) is 0 Å². The number of hydrogen-bond acceptors (Lipinski definition) is 4. The van der Waals surface area contributed by atoms with E-state index in [1.54, 1.807) is 18.5 Å². The van der Waals surface area contributed by atoms with Gasteiger partial charge in [-0.3, -0.25) is 9.48 Å². The Bertz CT molecular complexity index is 617. The lowest BCUT2D eigenvalue weighted by atomic mass is 10.1. The van der Waals surface area contributed by atoms with Crippen molar-refractivity contribution in [2.24, 2.45) is 0 Å². The summed E-state index contributed by atoms with van der Waals surface area (Å²) in [5.74, 6) is -0.155. The molecular formula is C15H21N3O2S. The van der Waals surface area contributed by atoms with E-state index < -0.39 is 11.6 Å². The van der Waals surface area contributed by atoms with E-state index in [2.05, 4.69) is 10.4 Å². The third-order valence-corrected chi connectivity index (χ3v) is 4.57. The van der Waals surface area contributed by atoms with Crippen LogP contribution in [0.25, 0.3) is 0 Å². The lowest BCUT2D eigenvalue weighted by molar-refractivity contribution is -0.125. The molecule has 0 saturated carbocycles. The van der Waals surface area contributed by atoms with Gasteiger partial charge in [-0.25, -0.2) is 0 Å². The van der Waals surface area contributed by atoms with Crippen molar-refractivity contribution in [1.29, 1.82) is 0 Å². The molecule has 0 spiro atoms. The van der Waals surface area contributed by atoms with Crippen molar-refractivity contribution >= 4 is 17.2 Å². The molecule has 21 heavy (non-hydrogen) atoms. The second kappa shape index (κ2) is 5.99. The first-order valence-electron chi connectivity index (χ1n) is 6.88. The first-order chi connectivity index (χ1) is 9.81. The highest BCUT2D eigenvalue weighted by atomic mass is 32.1. The van der Waals surface area contributed by atoms with Crippen molar-refractivity contribution in [3.8, 4) is 0 Å². The first kappa shape index (κ1) is 15.7. The fraction of sp³-hybridized carbons (Fsp3) is 0.467. The minimum Gasteiger partial charge on any atom is -0.383 e. The fourth-order valence-electron chi connectivity index (χ4n) is 2.23. The summed E-state index contributed by atoms with van der Waals surface area (Å²) in [6.45, 7) is 7.50. The molecule has 0 radical (unpaired) electrons. The monoisotopic (exact) mass is 307 g/mol. The molecule has 2 aromatic heterocycles. The van der Waals surface area contributed by atoms with Crippen LogP contribution in [0.3, 0.4) is 0 Å². The normalized spacial score (nSPS) is 15.5. The molecule has 2 heterocycles. The molecule has 0 aliphatic heterocycles. The van der Waals surface area contributed by atoms with E-state index in [9.17, 15) is 9.90 Å². The molecule has 1 amide bonds. The first-order valence-corrected chi connectivity index (χ1v) is 7.76. The topological polar surface area (TPSA) is 67.2 Å².